The number of carbonyl (C=O) groups excluding carboxylic acids is 2. The van der Waals surface area contributed by atoms with Gasteiger partial charge in [-0.3, -0.25) is 9.59 Å². The highest BCUT2D eigenvalue weighted by atomic mass is 16.5. The molecule has 7 heteroatoms. The first kappa shape index (κ1) is 22.2. The Morgan fingerprint density at radius 1 is 1.16 bits per heavy atom. The fourth-order valence-corrected chi connectivity index (χ4v) is 3.67. The Morgan fingerprint density at radius 3 is 2.55 bits per heavy atom. The number of hydrogen-bond acceptors (Lipinski definition) is 6. The predicted octanol–water partition coefficient (Wildman–Crippen LogP) is 3.92. The molecule has 3 rings (SSSR count). The molecule has 164 valence electrons. The summed E-state index contributed by atoms with van der Waals surface area (Å²) in [6, 6.07) is 11.1. The van der Waals surface area contributed by atoms with E-state index in [1.54, 1.807) is 52.1 Å². The fourth-order valence-electron chi connectivity index (χ4n) is 3.67. The molecule has 0 fully saturated rings. The Labute approximate surface area is 181 Å². The molecule has 0 saturated carbocycles. The number of benzene rings is 2. The summed E-state index contributed by atoms with van der Waals surface area (Å²) in [7, 11) is 1.56. The molecule has 0 bridgehead atoms. The van der Waals surface area contributed by atoms with E-state index in [-0.39, 0.29) is 29.4 Å². The van der Waals surface area contributed by atoms with Crippen molar-refractivity contribution in [1.82, 2.24) is 4.90 Å². The van der Waals surface area contributed by atoms with Crippen molar-refractivity contribution in [2.24, 2.45) is 5.92 Å². The third kappa shape index (κ3) is 4.35. The first-order chi connectivity index (χ1) is 14.8. The van der Waals surface area contributed by atoms with Gasteiger partial charge in [0.2, 0.25) is 0 Å². The molecule has 0 aromatic heterocycles. The molecule has 1 aliphatic rings. The normalized spacial score (nSPS) is 16.2. The van der Waals surface area contributed by atoms with E-state index in [4.69, 9.17) is 9.47 Å². The number of aromatic hydroxyl groups is 1. The molecule has 0 spiro atoms. The molecular formula is C24H27NO6. The van der Waals surface area contributed by atoms with Crippen LogP contribution in [0, 0.1) is 5.92 Å². The SMILES string of the molecule is CCOc1cc(C2C(C(=O)C(C)C)=C(O)C(=O)N2Cc2cccc(OC)c2)ccc1O. The molecular weight excluding hydrogens is 398 g/mol. The Morgan fingerprint density at radius 2 is 1.90 bits per heavy atom. The number of aliphatic hydroxyl groups excluding tert-OH is 1. The van der Waals surface area contributed by atoms with Crippen molar-refractivity contribution in [1.29, 1.82) is 0 Å². The van der Waals surface area contributed by atoms with E-state index < -0.39 is 23.6 Å². The zero-order valence-electron chi connectivity index (χ0n) is 18.1. The number of Topliss-reactive ketones (excluding diaryl/α,β-unsaturated/α-hetero) is 1. The average Bonchev–Trinajstić information content (AvgIpc) is 3.00. The standard InChI is InChI=1S/C24H27NO6/c1-5-31-19-12-16(9-10-18(19)26)21-20(22(27)14(2)3)23(28)24(29)25(21)13-15-7-6-8-17(11-15)30-4/h6-12,14,21,26,28H,5,13H2,1-4H3. The maximum Gasteiger partial charge on any atom is 0.290 e. The second-order valence-electron chi connectivity index (χ2n) is 7.63. The molecule has 2 aromatic rings. The van der Waals surface area contributed by atoms with E-state index >= 15 is 0 Å². The number of rotatable bonds is 8. The van der Waals surface area contributed by atoms with Crippen molar-refractivity contribution in [3.8, 4) is 17.2 Å². The van der Waals surface area contributed by atoms with Gasteiger partial charge in [-0.1, -0.05) is 32.0 Å². The van der Waals surface area contributed by atoms with Crippen molar-refractivity contribution in [2.75, 3.05) is 13.7 Å². The summed E-state index contributed by atoms with van der Waals surface area (Å²) >= 11 is 0. The van der Waals surface area contributed by atoms with Crippen LogP contribution >= 0.6 is 0 Å². The molecule has 1 aliphatic heterocycles. The number of carbonyl (C=O) groups is 2. The second kappa shape index (κ2) is 9.12. The topological polar surface area (TPSA) is 96.3 Å². The Kier molecular flexibility index (Phi) is 6.53. The quantitative estimate of drug-likeness (QED) is 0.666. The molecule has 1 amide bonds. The van der Waals surface area contributed by atoms with Gasteiger partial charge in [0, 0.05) is 12.5 Å². The maximum atomic E-state index is 13.0. The molecule has 0 radical (unpaired) electrons. The number of phenolic OH excluding ortho intramolecular Hbond substituents is 1. The fraction of sp³-hybridized carbons (Fsp3) is 0.333. The lowest BCUT2D eigenvalue weighted by Gasteiger charge is -2.28. The highest BCUT2D eigenvalue weighted by molar-refractivity contribution is 6.09. The largest absolute Gasteiger partial charge is 0.504 e. The van der Waals surface area contributed by atoms with E-state index in [0.717, 1.165) is 5.56 Å². The summed E-state index contributed by atoms with van der Waals surface area (Å²) in [5, 5.41) is 20.7. The van der Waals surface area contributed by atoms with Crippen LogP contribution in [0.25, 0.3) is 0 Å². The van der Waals surface area contributed by atoms with Crippen LogP contribution in [-0.4, -0.2) is 40.5 Å². The number of ether oxygens (including phenoxy) is 2. The van der Waals surface area contributed by atoms with E-state index in [1.807, 2.05) is 12.1 Å². The zero-order valence-corrected chi connectivity index (χ0v) is 18.1. The van der Waals surface area contributed by atoms with Gasteiger partial charge < -0.3 is 24.6 Å². The zero-order chi connectivity index (χ0) is 22.7. The van der Waals surface area contributed by atoms with Crippen molar-refractivity contribution < 1.29 is 29.3 Å². The molecule has 1 unspecified atom stereocenters. The number of hydrogen-bond donors (Lipinski definition) is 2. The van der Waals surface area contributed by atoms with Crippen LogP contribution in [0.2, 0.25) is 0 Å². The van der Waals surface area contributed by atoms with Gasteiger partial charge in [-0.2, -0.15) is 0 Å². The van der Waals surface area contributed by atoms with Crippen molar-refractivity contribution >= 4 is 11.7 Å². The third-order valence-corrected chi connectivity index (χ3v) is 5.18. The molecule has 1 atom stereocenters. The van der Waals surface area contributed by atoms with Gasteiger partial charge in [-0.05, 0) is 42.3 Å². The maximum absolute atomic E-state index is 13.0. The highest BCUT2D eigenvalue weighted by Gasteiger charge is 2.44. The van der Waals surface area contributed by atoms with E-state index in [9.17, 15) is 19.8 Å². The lowest BCUT2D eigenvalue weighted by atomic mass is 9.91. The smallest absolute Gasteiger partial charge is 0.290 e. The highest BCUT2D eigenvalue weighted by Crippen LogP contribution is 2.42. The summed E-state index contributed by atoms with van der Waals surface area (Å²) in [6.45, 7) is 5.73. The number of ketones is 1. The Bertz CT molecular complexity index is 1030. The summed E-state index contributed by atoms with van der Waals surface area (Å²) in [6.07, 6.45) is 0. The number of phenols is 1. The molecule has 7 nitrogen and oxygen atoms in total. The number of amides is 1. The van der Waals surface area contributed by atoms with E-state index in [1.165, 1.54) is 11.0 Å². The Hall–Kier alpha value is -3.48. The summed E-state index contributed by atoms with van der Waals surface area (Å²) < 4.78 is 10.7. The van der Waals surface area contributed by atoms with Crippen molar-refractivity contribution in [2.45, 2.75) is 33.4 Å². The van der Waals surface area contributed by atoms with Gasteiger partial charge in [0.05, 0.1) is 25.3 Å². The monoisotopic (exact) mass is 425 g/mol. The lowest BCUT2D eigenvalue weighted by molar-refractivity contribution is -0.130. The minimum Gasteiger partial charge on any atom is -0.504 e. The predicted molar refractivity (Wildman–Crippen MR) is 115 cm³/mol. The number of methoxy groups -OCH3 is 1. The molecule has 1 heterocycles. The average molecular weight is 425 g/mol. The number of aliphatic hydroxyl groups is 1. The van der Waals surface area contributed by atoms with Gasteiger partial charge in [0.25, 0.3) is 5.91 Å². The van der Waals surface area contributed by atoms with Crippen LogP contribution in [0.3, 0.4) is 0 Å². The summed E-state index contributed by atoms with van der Waals surface area (Å²) in [4.78, 5) is 27.4. The minimum absolute atomic E-state index is 0.0424. The lowest BCUT2D eigenvalue weighted by Crippen LogP contribution is -2.31. The van der Waals surface area contributed by atoms with Crippen LogP contribution < -0.4 is 9.47 Å². The van der Waals surface area contributed by atoms with E-state index in [0.29, 0.717) is 17.9 Å². The van der Waals surface area contributed by atoms with Gasteiger partial charge in [0.1, 0.15) is 5.75 Å². The molecule has 0 aliphatic carbocycles. The molecule has 2 N–H and O–H groups in total. The van der Waals surface area contributed by atoms with Gasteiger partial charge in [-0.25, -0.2) is 0 Å². The van der Waals surface area contributed by atoms with Crippen LogP contribution in [0.4, 0.5) is 0 Å². The second-order valence-corrected chi connectivity index (χ2v) is 7.63. The molecule has 0 saturated heterocycles. The Balaban J connectivity index is 2.10. The number of nitrogens with zero attached hydrogens (tertiary/aromatic N) is 1. The van der Waals surface area contributed by atoms with Gasteiger partial charge >= 0.3 is 0 Å². The van der Waals surface area contributed by atoms with Crippen molar-refractivity contribution in [3.63, 3.8) is 0 Å². The summed E-state index contributed by atoms with van der Waals surface area (Å²) in [5.74, 6) is -1.04. The van der Waals surface area contributed by atoms with Crippen LogP contribution in [0.1, 0.15) is 37.9 Å². The van der Waals surface area contributed by atoms with Crippen LogP contribution in [-0.2, 0) is 16.1 Å². The first-order valence-electron chi connectivity index (χ1n) is 10.1. The minimum atomic E-state index is -0.812. The van der Waals surface area contributed by atoms with Gasteiger partial charge in [0.15, 0.2) is 23.0 Å². The molecule has 31 heavy (non-hydrogen) atoms. The third-order valence-electron chi connectivity index (χ3n) is 5.18. The van der Waals surface area contributed by atoms with Gasteiger partial charge in [-0.15, -0.1) is 0 Å². The van der Waals surface area contributed by atoms with Crippen LogP contribution in [0.15, 0.2) is 53.8 Å². The van der Waals surface area contributed by atoms with E-state index in [2.05, 4.69) is 0 Å². The van der Waals surface area contributed by atoms with Crippen molar-refractivity contribution in [3.05, 3.63) is 64.9 Å². The molecule has 2 aromatic carbocycles. The first-order valence-corrected chi connectivity index (χ1v) is 10.1. The van der Waals surface area contributed by atoms with Crippen LogP contribution in [0.5, 0.6) is 17.2 Å². The summed E-state index contributed by atoms with van der Waals surface area (Å²) in [5.41, 5.74) is 1.40.